The van der Waals surface area contributed by atoms with Gasteiger partial charge in [0.1, 0.15) is 0 Å². The van der Waals surface area contributed by atoms with Gasteiger partial charge in [-0.1, -0.05) is 19.9 Å². The van der Waals surface area contributed by atoms with E-state index in [1.807, 2.05) is 6.92 Å². The number of carbonyl (C=O) groups is 1. The predicted molar refractivity (Wildman–Crippen MR) is 87.9 cm³/mol. The van der Waals surface area contributed by atoms with E-state index in [0.29, 0.717) is 6.54 Å². The number of rotatable bonds is 4. The standard InChI is InChI=1S/C15H24N2OS.ClH/c1-14(2,12-7-6-10-19-12)11-16-13(18)15(3)8-4-5-9-17-15;/h6-7,10,17H,4-5,8-9,11H2,1-3H3,(H,16,18);1H. The number of hydrogen-bond donors (Lipinski definition) is 2. The Bertz CT molecular complexity index is 425. The van der Waals surface area contributed by atoms with Crippen LogP contribution in [0, 0.1) is 0 Å². The first kappa shape index (κ1) is 17.5. The lowest BCUT2D eigenvalue weighted by molar-refractivity contribution is -0.128. The Morgan fingerprint density at radius 3 is 2.80 bits per heavy atom. The molecule has 3 nitrogen and oxygen atoms in total. The first-order chi connectivity index (χ1) is 8.94. The molecule has 1 aliphatic heterocycles. The second-order valence-corrected chi connectivity index (χ2v) is 7.21. The van der Waals surface area contributed by atoms with Crippen LogP contribution < -0.4 is 10.6 Å². The van der Waals surface area contributed by atoms with Gasteiger partial charge in [-0.25, -0.2) is 0 Å². The SMILES string of the molecule is CC1(C(=O)NCC(C)(C)c2cccs2)CCCCN1.Cl. The largest absolute Gasteiger partial charge is 0.354 e. The summed E-state index contributed by atoms with van der Waals surface area (Å²) < 4.78 is 0. The summed E-state index contributed by atoms with van der Waals surface area (Å²) in [5.74, 6) is 0.136. The van der Waals surface area contributed by atoms with E-state index in [2.05, 4.69) is 42.0 Å². The number of hydrogen-bond acceptors (Lipinski definition) is 3. The van der Waals surface area contributed by atoms with Crippen molar-refractivity contribution in [3.63, 3.8) is 0 Å². The number of nitrogens with one attached hydrogen (secondary N) is 2. The van der Waals surface area contributed by atoms with Gasteiger partial charge in [0.15, 0.2) is 0 Å². The van der Waals surface area contributed by atoms with Crippen molar-refractivity contribution in [2.45, 2.75) is 51.0 Å². The molecule has 1 unspecified atom stereocenters. The summed E-state index contributed by atoms with van der Waals surface area (Å²) in [5, 5.41) is 8.57. The Balaban J connectivity index is 0.00000200. The Kier molecular flexibility index (Phi) is 6.05. The summed E-state index contributed by atoms with van der Waals surface area (Å²) in [4.78, 5) is 13.7. The summed E-state index contributed by atoms with van der Waals surface area (Å²) in [6.45, 7) is 7.99. The lowest BCUT2D eigenvalue weighted by atomic mass is 9.88. The molecular formula is C15H25ClN2OS. The molecule has 0 bridgehead atoms. The van der Waals surface area contributed by atoms with Crippen molar-refractivity contribution in [2.75, 3.05) is 13.1 Å². The maximum absolute atomic E-state index is 12.4. The van der Waals surface area contributed by atoms with Gasteiger partial charge in [0.25, 0.3) is 0 Å². The van der Waals surface area contributed by atoms with E-state index in [9.17, 15) is 4.79 Å². The van der Waals surface area contributed by atoms with Gasteiger partial charge in [-0.15, -0.1) is 23.7 Å². The molecule has 1 fully saturated rings. The predicted octanol–water partition coefficient (Wildman–Crippen LogP) is 3.10. The number of halogens is 1. The van der Waals surface area contributed by atoms with Crippen LogP contribution in [0.25, 0.3) is 0 Å². The molecule has 1 saturated heterocycles. The molecule has 20 heavy (non-hydrogen) atoms. The molecule has 2 N–H and O–H groups in total. The molecule has 1 aromatic rings. The molecule has 2 heterocycles. The second kappa shape index (κ2) is 6.92. The minimum absolute atomic E-state index is 0. The van der Waals surface area contributed by atoms with Crippen molar-refractivity contribution in [1.82, 2.24) is 10.6 Å². The minimum Gasteiger partial charge on any atom is -0.354 e. The zero-order valence-electron chi connectivity index (χ0n) is 12.5. The van der Waals surface area contributed by atoms with Gasteiger partial charge in [-0.2, -0.15) is 0 Å². The van der Waals surface area contributed by atoms with Crippen LogP contribution in [0.2, 0.25) is 0 Å². The summed E-state index contributed by atoms with van der Waals surface area (Å²) in [6.07, 6.45) is 3.23. The van der Waals surface area contributed by atoms with Crippen LogP contribution in [0.15, 0.2) is 17.5 Å². The summed E-state index contributed by atoms with van der Waals surface area (Å²) in [7, 11) is 0. The number of piperidine rings is 1. The smallest absolute Gasteiger partial charge is 0.240 e. The van der Waals surface area contributed by atoms with Crippen LogP contribution in [0.4, 0.5) is 0 Å². The third kappa shape index (κ3) is 3.96. The van der Waals surface area contributed by atoms with Crippen molar-refractivity contribution in [1.29, 1.82) is 0 Å². The van der Waals surface area contributed by atoms with Crippen LogP contribution >= 0.6 is 23.7 Å². The van der Waals surface area contributed by atoms with Gasteiger partial charge in [0.2, 0.25) is 5.91 Å². The van der Waals surface area contributed by atoms with Gasteiger partial charge in [-0.3, -0.25) is 4.79 Å². The third-order valence-corrected chi connectivity index (χ3v) is 5.23. The van der Waals surface area contributed by atoms with Gasteiger partial charge in [0, 0.05) is 16.8 Å². The molecule has 1 amide bonds. The zero-order valence-corrected chi connectivity index (χ0v) is 14.1. The van der Waals surface area contributed by atoms with Crippen LogP contribution in [0.1, 0.15) is 44.9 Å². The average Bonchev–Trinajstić information content (AvgIpc) is 2.91. The molecule has 2 rings (SSSR count). The van der Waals surface area contributed by atoms with E-state index in [-0.39, 0.29) is 29.3 Å². The van der Waals surface area contributed by atoms with Gasteiger partial charge in [-0.05, 0) is 44.2 Å². The summed E-state index contributed by atoms with van der Waals surface area (Å²) in [5.41, 5.74) is -0.390. The highest BCUT2D eigenvalue weighted by Gasteiger charge is 2.35. The second-order valence-electron chi connectivity index (χ2n) is 6.26. The fourth-order valence-corrected chi connectivity index (χ4v) is 3.35. The summed E-state index contributed by atoms with van der Waals surface area (Å²) >= 11 is 1.75. The third-order valence-electron chi connectivity index (χ3n) is 4.00. The van der Waals surface area contributed by atoms with E-state index in [4.69, 9.17) is 0 Å². The molecule has 5 heteroatoms. The van der Waals surface area contributed by atoms with Crippen molar-refractivity contribution < 1.29 is 4.79 Å². The highest BCUT2D eigenvalue weighted by molar-refractivity contribution is 7.10. The molecule has 114 valence electrons. The Morgan fingerprint density at radius 1 is 1.50 bits per heavy atom. The van der Waals surface area contributed by atoms with Gasteiger partial charge in [0.05, 0.1) is 5.54 Å². The van der Waals surface area contributed by atoms with E-state index < -0.39 is 0 Å². The molecule has 1 atom stereocenters. The van der Waals surface area contributed by atoms with Crippen molar-refractivity contribution in [2.24, 2.45) is 0 Å². The molecular weight excluding hydrogens is 292 g/mol. The van der Waals surface area contributed by atoms with E-state index in [1.54, 1.807) is 11.3 Å². The van der Waals surface area contributed by atoms with E-state index in [0.717, 1.165) is 19.4 Å². The Hall–Kier alpha value is -0.580. The fourth-order valence-electron chi connectivity index (χ4n) is 2.50. The van der Waals surface area contributed by atoms with E-state index in [1.165, 1.54) is 11.3 Å². The first-order valence-electron chi connectivity index (χ1n) is 7.01. The quantitative estimate of drug-likeness (QED) is 0.896. The maximum Gasteiger partial charge on any atom is 0.240 e. The highest BCUT2D eigenvalue weighted by Crippen LogP contribution is 2.27. The molecule has 1 aliphatic rings. The Labute approximate surface area is 131 Å². The van der Waals surface area contributed by atoms with Gasteiger partial charge >= 0.3 is 0 Å². The van der Waals surface area contributed by atoms with Crippen LogP contribution in [-0.4, -0.2) is 24.5 Å². The van der Waals surface area contributed by atoms with Crippen LogP contribution in [0.5, 0.6) is 0 Å². The van der Waals surface area contributed by atoms with Crippen LogP contribution in [-0.2, 0) is 10.2 Å². The Morgan fingerprint density at radius 2 is 2.25 bits per heavy atom. The molecule has 1 aromatic heterocycles. The maximum atomic E-state index is 12.4. The highest BCUT2D eigenvalue weighted by atomic mass is 35.5. The van der Waals surface area contributed by atoms with E-state index >= 15 is 0 Å². The number of thiophene rings is 1. The van der Waals surface area contributed by atoms with Crippen molar-refractivity contribution in [3.8, 4) is 0 Å². The number of amides is 1. The molecule has 0 saturated carbocycles. The lowest BCUT2D eigenvalue weighted by Gasteiger charge is -2.35. The first-order valence-corrected chi connectivity index (χ1v) is 7.89. The molecule has 0 radical (unpaired) electrons. The van der Waals surface area contributed by atoms with Crippen molar-refractivity contribution >= 4 is 29.7 Å². The van der Waals surface area contributed by atoms with Crippen LogP contribution in [0.3, 0.4) is 0 Å². The summed E-state index contributed by atoms with van der Waals surface area (Å²) in [6, 6.07) is 4.20. The lowest BCUT2D eigenvalue weighted by Crippen LogP contribution is -2.58. The van der Waals surface area contributed by atoms with Crippen molar-refractivity contribution in [3.05, 3.63) is 22.4 Å². The topological polar surface area (TPSA) is 41.1 Å². The molecule has 0 aromatic carbocycles. The molecule has 0 spiro atoms. The minimum atomic E-state index is -0.385. The number of carbonyl (C=O) groups excluding carboxylic acids is 1. The fraction of sp³-hybridized carbons (Fsp3) is 0.667. The monoisotopic (exact) mass is 316 g/mol. The zero-order chi connectivity index (χ0) is 13.9. The van der Waals surface area contributed by atoms with Gasteiger partial charge < -0.3 is 10.6 Å². The average molecular weight is 317 g/mol. The normalized spacial score (nSPS) is 22.9. The molecule has 0 aliphatic carbocycles.